The molecule has 3 amide bonds. The number of fused-ring (bicyclic) bond motifs is 1. The Kier molecular flexibility index (Phi) is 4.42. The summed E-state index contributed by atoms with van der Waals surface area (Å²) in [6.07, 6.45) is 2.21. The number of hydrogen-bond acceptors (Lipinski definition) is 5. The molecule has 132 valence electrons. The Balaban J connectivity index is 1.93. The fourth-order valence-corrected chi connectivity index (χ4v) is 2.83. The first-order chi connectivity index (χ1) is 12.0. The van der Waals surface area contributed by atoms with Gasteiger partial charge < -0.3 is 19.9 Å². The molecule has 0 saturated carbocycles. The van der Waals surface area contributed by atoms with Gasteiger partial charge in [0, 0.05) is 50.9 Å². The van der Waals surface area contributed by atoms with Crippen LogP contribution in [0.15, 0.2) is 18.5 Å². The zero-order chi connectivity index (χ0) is 18.0. The average Bonchev–Trinajstić information content (AvgIpc) is 3.07. The highest BCUT2D eigenvalue weighted by Crippen LogP contribution is 2.30. The van der Waals surface area contributed by atoms with Crippen molar-refractivity contribution in [3.8, 4) is 0 Å². The number of hydrogen-bond donors (Lipinski definition) is 4. The number of rotatable bonds is 2. The van der Waals surface area contributed by atoms with Gasteiger partial charge in [-0.1, -0.05) is 0 Å². The summed E-state index contributed by atoms with van der Waals surface area (Å²) >= 11 is 0. The second-order valence-electron chi connectivity index (χ2n) is 5.65. The van der Waals surface area contributed by atoms with E-state index in [-0.39, 0.29) is 5.91 Å². The van der Waals surface area contributed by atoms with Crippen LogP contribution < -0.4 is 15.8 Å². The second-order valence-corrected chi connectivity index (χ2v) is 5.65. The number of hydrazine groups is 1. The SMILES string of the molecule is CC(=O)NNC(=O)c1cnc2[nH]ccc2c1N1CCN(C(=O)O)CC1. The van der Waals surface area contributed by atoms with Crippen LogP contribution in [0.1, 0.15) is 17.3 Å². The van der Waals surface area contributed by atoms with Gasteiger partial charge in [-0.3, -0.25) is 20.4 Å². The first-order valence-electron chi connectivity index (χ1n) is 7.73. The molecule has 10 nitrogen and oxygen atoms in total. The van der Waals surface area contributed by atoms with Crippen LogP contribution in [0.3, 0.4) is 0 Å². The van der Waals surface area contributed by atoms with Crippen molar-refractivity contribution >= 4 is 34.6 Å². The lowest BCUT2D eigenvalue weighted by Gasteiger charge is -2.35. The average molecular weight is 346 g/mol. The minimum atomic E-state index is -0.954. The minimum absolute atomic E-state index is 0.310. The number of nitrogens with one attached hydrogen (secondary N) is 3. The molecule has 2 aromatic rings. The third-order valence-electron chi connectivity index (χ3n) is 4.02. The van der Waals surface area contributed by atoms with E-state index < -0.39 is 12.0 Å². The molecule has 0 atom stereocenters. The zero-order valence-electron chi connectivity index (χ0n) is 13.6. The largest absolute Gasteiger partial charge is 0.465 e. The van der Waals surface area contributed by atoms with E-state index in [2.05, 4.69) is 20.8 Å². The third kappa shape index (κ3) is 3.32. The fourth-order valence-electron chi connectivity index (χ4n) is 2.83. The van der Waals surface area contributed by atoms with Crippen LogP contribution in [0.25, 0.3) is 11.0 Å². The Hall–Kier alpha value is -3.30. The standard InChI is InChI=1S/C15H18N6O4/c1-9(22)18-19-14(23)11-8-17-13-10(2-3-16-13)12(11)20-4-6-21(7-5-20)15(24)25/h2-3,8H,4-7H2,1H3,(H,16,17)(H,18,22)(H,19,23)(H,24,25). The lowest BCUT2D eigenvalue weighted by atomic mass is 10.1. The van der Waals surface area contributed by atoms with Gasteiger partial charge in [0.15, 0.2) is 0 Å². The number of anilines is 1. The molecule has 10 heteroatoms. The van der Waals surface area contributed by atoms with E-state index in [1.54, 1.807) is 6.20 Å². The summed E-state index contributed by atoms with van der Waals surface area (Å²) in [5, 5.41) is 9.85. The predicted octanol–water partition coefficient (Wildman–Crippen LogP) is 0.144. The topological polar surface area (TPSA) is 131 Å². The number of H-pyrrole nitrogens is 1. The smallest absolute Gasteiger partial charge is 0.407 e. The summed E-state index contributed by atoms with van der Waals surface area (Å²) < 4.78 is 0. The van der Waals surface area contributed by atoms with E-state index in [0.29, 0.717) is 43.1 Å². The normalized spacial score (nSPS) is 14.4. The molecule has 0 aliphatic carbocycles. The van der Waals surface area contributed by atoms with Gasteiger partial charge in [-0.15, -0.1) is 0 Å². The number of aromatic nitrogens is 2. The van der Waals surface area contributed by atoms with E-state index in [4.69, 9.17) is 5.11 Å². The van der Waals surface area contributed by atoms with Gasteiger partial charge in [-0.2, -0.15) is 0 Å². The Morgan fingerprint density at radius 2 is 1.92 bits per heavy atom. The third-order valence-corrected chi connectivity index (χ3v) is 4.02. The van der Waals surface area contributed by atoms with E-state index >= 15 is 0 Å². The van der Waals surface area contributed by atoms with Gasteiger partial charge in [-0.25, -0.2) is 9.78 Å². The summed E-state index contributed by atoms with van der Waals surface area (Å²) in [5.74, 6) is -0.873. The Morgan fingerprint density at radius 1 is 1.20 bits per heavy atom. The van der Waals surface area contributed by atoms with Gasteiger partial charge >= 0.3 is 6.09 Å². The van der Waals surface area contributed by atoms with Crippen LogP contribution in [0, 0.1) is 0 Å². The highest BCUT2D eigenvalue weighted by atomic mass is 16.4. The summed E-state index contributed by atoms with van der Waals surface area (Å²) in [6.45, 7) is 2.89. The molecule has 25 heavy (non-hydrogen) atoms. The van der Waals surface area contributed by atoms with Crippen molar-refractivity contribution in [2.45, 2.75) is 6.92 Å². The van der Waals surface area contributed by atoms with Gasteiger partial charge in [0.1, 0.15) is 5.65 Å². The van der Waals surface area contributed by atoms with Crippen LogP contribution in [0.2, 0.25) is 0 Å². The Morgan fingerprint density at radius 3 is 2.56 bits per heavy atom. The molecule has 0 unspecified atom stereocenters. The van der Waals surface area contributed by atoms with Gasteiger partial charge in [0.2, 0.25) is 5.91 Å². The lowest BCUT2D eigenvalue weighted by Crippen LogP contribution is -2.49. The van der Waals surface area contributed by atoms with E-state index in [1.165, 1.54) is 18.0 Å². The molecule has 3 heterocycles. The quantitative estimate of drug-likeness (QED) is 0.572. The minimum Gasteiger partial charge on any atom is -0.465 e. The van der Waals surface area contributed by atoms with Crippen molar-refractivity contribution in [1.82, 2.24) is 25.7 Å². The van der Waals surface area contributed by atoms with Crippen LogP contribution >= 0.6 is 0 Å². The molecular formula is C15H18N6O4. The van der Waals surface area contributed by atoms with Gasteiger partial charge in [0.25, 0.3) is 5.91 Å². The lowest BCUT2D eigenvalue weighted by molar-refractivity contribution is -0.119. The highest BCUT2D eigenvalue weighted by molar-refractivity contribution is 6.07. The number of piperazine rings is 1. The van der Waals surface area contributed by atoms with Gasteiger partial charge in [0.05, 0.1) is 11.3 Å². The molecule has 0 spiro atoms. The maximum Gasteiger partial charge on any atom is 0.407 e. The molecular weight excluding hydrogens is 328 g/mol. The van der Waals surface area contributed by atoms with Crippen molar-refractivity contribution in [2.75, 3.05) is 31.1 Å². The molecule has 2 aromatic heterocycles. The monoisotopic (exact) mass is 346 g/mol. The van der Waals surface area contributed by atoms with E-state index in [0.717, 1.165) is 5.39 Å². The molecule has 3 rings (SSSR count). The maximum atomic E-state index is 12.4. The van der Waals surface area contributed by atoms with Crippen LogP contribution in [-0.2, 0) is 4.79 Å². The van der Waals surface area contributed by atoms with Crippen LogP contribution in [0.4, 0.5) is 10.5 Å². The van der Waals surface area contributed by atoms with Crippen LogP contribution in [-0.4, -0.2) is 64.1 Å². The Bertz CT molecular complexity index is 825. The van der Waals surface area contributed by atoms with Crippen molar-refractivity contribution < 1.29 is 19.5 Å². The molecule has 1 saturated heterocycles. The molecule has 1 fully saturated rings. The molecule has 1 aliphatic heterocycles. The summed E-state index contributed by atoms with van der Waals surface area (Å²) in [6, 6.07) is 1.82. The predicted molar refractivity (Wildman–Crippen MR) is 89.2 cm³/mol. The number of amides is 3. The van der Waals surface area contributed by atoms with Gasteiger partial charge in [-0.05, 0) is 6.07 Å². The van der Waals surface area contributed by atoms with Crippen molar-refractivity contribution in [3.63, 3.8) is 0 Å². The Labute approximate surface area is 142 Å². The fraction of sp³-hybridized carbons (Fsp3) is 0.333. The van der Waals surface area contributed by atoms with Crippen molar-refractivity contribution in [3.05, 3.63) is 24.0 Å². The summed E-state index contributed by atoms with van der Waals surface area (Å²) in [4.78, 5) is 45.1. The molecule has 1 aliphatic rings. The number of carbonyl (C=O) groups excluding carboxylic acids is 2. The zero-order valence-corrected chi connectivity index (χ0v) is 13.6. The number of aromatic amines is 1. The molecule has 0 aromatic carbocycles. The number of carboxylic acid groups (broad SMARTS) is 1. The highest BCUT2D eigenvalue weighted by Gasteiger charge is 2.26. The van der Waals surface area contributed by atoms with E-state index in [1.807, 2.05) is 11.0 Å². The number of carbonyl (C=O) groups is 3. The van der Waals surface area contributed by atoms with Crippen molar-refractivity contribution in [1.29, 1.82) is 0 Å². The van der Waals surface area contributed by atoms with Crippen LogP contribution in [0.5, 0.6) is 0 Å². The molecule has 0 radical (unpaired) electrons. The number of nitrogens with zero attached hydrogens (tertiary/aromatic N) is 3. The first-order valence-corrected chi connectivity index (χ1v) is 7.73. The molecule has 4 N–H and O–H groups in total. The molecule has 0 bridgehead atoms. The summed E-state index contributed by atoms with van der Waals surface area (Å²) in [7, 11) is 0. The van der Waals surface area contributed by atoms with Crippen molar-refractivity contribution in [2.24, 2.45) is 0 Å². The second kappa shape index (κ2) is 6.67. The maximum absolute atomic E-state index is 12.4. The first kappa shape index (κ1) is 16.6. The summed E-state index contributed by atoms with van der Waals surface area (Å²) in [5.41, 5.74) is 6.21. The number of pyridine rings is 1. The van der Waals surface area contributed by atoms with E-state index in [9.17, 15) is 14.4 Å².